The van der Waals surface area contributed by atoms with E-state index in [0.29, 0.717) is 23.7 Å². The van der Waals surface area contributed by atoms with E-state index in [-0.39, 0.29) is 11.7 Å². The second-order valence-corrected chi connectivity index (χ2v) is 7.13. The van der Waals surface area contributed by atoms with Gasteiger partial charge < -0.3 is 14.6 Å². The summed E-state index contributed by atoms with van der Waals surface area (Å²) in [7, 11) is 1.60. The molecule has 0 fully saturated rings. The van der Waals surface area contributed by atoms with E-state index in [4.69, 9.17) is 9.47 Å². The van der Waals surface area contributed by atoms with Crippen LogP contribution in [-0.4, -0.2) is 30.9 Å². The van der Waals surface area contributed by atoms with Crippen LogP contribution in [0.15, 0.2) is 47.6 Å². The molecule has 30 heavy (non-hydrogen) atoms. The van der Waals surface area contributed by atoms with Crippen molar-refractivity contribution >= 4 is 12.1 Å². The molecule has 0 aliphatic heterocycles. The highest BCUT2D eigenvalue weighted by molar-refractivity contribution is 5.95. The average molecular weight is 413 g/mol. The average Bonchev–Trinajstić information content (AvgIpc) is 2.76. The highest BCUT2D eigenvalue weighted by Crippen LogP contribution is 2.27. The van der Waals surface area contributed by atoms with Gasteiger partial charge in [-0.05, 0) is 54.4 Å². The highest BCUT2D eigenvalue weighted by atomic mass is 16.5. The van der Waals surface area contributed by atoms with Gasteiger partial charge in [0.15, 0.2) is 11.5 Å². The van der Waals surface area contributed by atoms with Crippen molar-refractivity contribution in [1.82, 2.24) is 5.43 Å². The predicted octanol–water partition coefficient (Wildman–Crippen LogP) is 5.29. The number of hydrogen-bond donors (Lipinski definition) is 2. The molecule has 1 amide bonds. The van der Waals surface area contributed by atoms with Crippen LogP contribution in [0.4, 0.5) is 0 Å². The maximum atomic E-state index is 12.0. The van der Waals surface area contributed by atoms with Crippen molar-refractivity contribution in [2.75, 3.05) is 13.7 Å². The van der Waals surface area contributed by atoms with E-state index >= 15 is 0 Å². The van der Waals surface area contributed by atoms with Crippen molar-refractivity contribution < 1.29 is 19.4 Å². The molecule has 0 saturated heterocycles. The van der Waals surface area contributed by atoms with Crippen molar-refractivity contribution in [3.8, 4) is 17.2 Å². The van der Waals surface area contributed by atoms with Crippen LogP contribution in [-0.2, 0) is 0 Å². The summed E-state index contributed by atoms with van der Waals surface area (Å²) in [5.74, 6) is 1.09. The van der Waals surface area contributed by atoms with Crippen LogP contribution in [0.3, 0.4) is 0 Å². The molecule has 0 bridgehead atoms. The number of aromatic hydroxyl groups is 1. The predicted molar refractivity (Wildman–Crippen MR) is 120 cm³/mol. The molecule has 0 spiro atoms. The van der Waals surface area contributed by atoms with Crippen molar-refractivity contribution in [3.05, 3.63) is 53.6 Å². The third-order valence-corrected chi connectivity index (χ3v) is 4.70. The lowest BCUT2D eigenvalue weighted by atomic mass is 10.1. The Labute approximate surface area is 178 Å². The molecule has 0 heterocycles. The summed E-state index contributed by atoms with van der Waals surface area (Å²) in [4.78, 5) is 12.0. The number of nitrogens with one attached hydrogen (secondary N) is 1. The second-order valence-electron chi connectivity index (χ2n) is 7.13. The largest absolute Gasteiger partial charge is 0.508 e. The molecule has 0 aromatic heterocycles. The number of rotatable bonds is 13. The third-order valence-electron chi connectivity index (χ3n) is 4.70. The van der Waals surface area contributed by atoms with Crippen molar-refractivity contribution in [2.24, 2.45) is 5.10 Å². The van der Waals surface area contributed by atoms with Gasteiger partial charge in [-0.15, -0.1) is 0 Å². The fourth-order valence-electron chi connectivity index (χ4n) is 2.97. The van der Waals surface area contributed by atoms with E-state index < -0.39 is 0 Å². The van der Waals surface area contributed by atoms with Crippen LogP contribution >= 0.6 is 0 Å². The van der Waals surface area contributed by atoms with E-state index in [0.717, 1.165) is 12.0 Å². The lowest BCUT2D eigenvalue weighted by Crippen LogP contribution is -2.17. The molecule has 0 unspecified atom stereocenters. The number of amides is 1. The number of methoxy groups -OCH3 is 1. The lowest BCUT2D eigenvalue weighted by molar-refractivity contribution is 0.0955. The summed E-state index contributed by atoms with van der Waals surface area (Å²) in [5, 5.41) is 13.3. The van der Waals surface area contributed by atoms with Gasteiger partial charge in [0.25, 0.3) is 5.91 Å². The molecule has 2 aromatic carbocycles. The molecule has 2 N–H and O–H groups in total. The fourth-order valence-corrected chi connectivity index (χ4v) is 2.97. The molecule has 0 radical (unpaired) electrons. The zero-order chi connectivity index (χ0) is 21.6. The van der Waals surface area contributed by atoms with Gasteiger partial charge in [0.05, 0.1) is 19.9 Å². The first-order valence-electron chi connectivity index (χ1n) is 10.6. The van der Waals surface area contributed by atoms with Crippen LogP contribution in [0.2, 0.25) is 0 Å². The summed E-state index contributed by atoms with van der Waals surface area (Å²) in [6, 6.07) is 11.5. The minimum Gasteiger partial charge on any atom is -0.508 e. The third kappa shape index (κ3) is 8.15. The van der Waals surface area contributed by atoms with Crippen LogP contribution in [0.25, 0.3) is 0 Å². The fraction of sp³-hybridized carbons (Fsp3) is 0.417. The monoisotopic (exact) mass is 412 g/mol. The number of phenolic OH excluding ortho intramolecular Hbond substituents is 1. The summed E-state index contributed by atoms with van der Waals surface area (Å²) >= 11 is 0. The van der Waals surface area contributed by atoms with E-state index in [1.54, 1.807) is 13.3 Å². The first-order valence-corrected chi connectivity index (χ1v) is 10.6. The summed E-state index contributed by atoms with van der Waals surface area (Å²) in [6.07, 6.45) is 10.2. The summed E-state index contributed by atoms with van der Waals surface area (Å²) < 4.78 is 11.3. The van der Waals surface area contributed by atoms with Gasteiger partial charge in [0.1, 0.15) is 5.75 Å². The standard InChI is InChI=1S/C24H32N2O4/c1-3-4-5-6-7-8-9-16-30-22-15-10-19(17-23(22)29-2)18-25-26-24(28)20-11-13-21(27)14-12-20/h10-15,17-18,27H,3-9,16H2,1-2H3,(H,26,28)/b25-18-. The van der Waals surface area contributed by atoms with Crippen LogP contribution in [0, 0.1) is 0 Å². The maximum absolute atomic E-state index is 12.0. The zero-order valence-electron chi connectivity index (χ0n) is 17.9. The van der Waals surface area contributed by atoms with Gasteiger partial charge >= 0.3 is 0 Å². The van der Waals surface area contributed by atoms with Crippen LogP contribution in [0.5, 0.6) is 17.2 Å². The number of nitrogens with zero attached hydrogens (tertiary/aromatic N) is 1. The number of ether oxygens (including phenoxy) is 2. The lowest BCUT2D eigenvalue weighted by Gasteiger charge is -2.11. The molecule has 2 rings (SSSR count). The Bertz CT molecular complexity index is 803. The number of carbonyl (C=O) groups is 1. The van der Waals surface area contributed by atoms with Gasteiger partial charge in [-0.3, -0.25) is 4.79 Å². The molecule has 6 heteroatoms. The number of benzene rings is 2. The Kier molecular flexibility index (Phi) is 10.3. The molecule has 0 atom stereocenters. The Hall–Kier alpha value is -3.02. The normalized spacial score (nSPS) is 10.9. The first-order chi connectivity index (χ1) is 14.6. The molecular formula is C24H32N2O4. The van der Waals surface area contributed by atoms with E-state index in [9.17, 15) is 9.90 Å². The first kappa shape index (κ1) is 23.3. The number of hydrogen-bond acceptors (Lipinski definition) is 5. The smallest absolute Gasteiger partial charge is 0.271 e. The number of carbonyl (C=O) groups excluding carboxylic acids is 1. The summed E-state index contributed by atoms with van der Waals surface area (Å²) in [5.41, 5.74) is 3.65. The Morgan fingerprint density at radius 3 is 2.40 bits per heavy atom. The number of unbranched alkanes of at least 4 members (excludes halogenated alkanes) is 6. The Morgan fingerprint density at radius 1 is 1.00 bits per heavy atom. The molecule has 2 aromatic rings. The van der Waals surface area contributed by atoms with Gasteiger partial charge in [0.2, 0.25) is 0 Å². The maximum Gasteiger partial charge on any atom is 0.271 e. The van der Waals surface area contributed by atoms with Crippen LogP contribution in [0.1, 0.15) is 67.8 Å². The molecule has 0 saturated carbocycles. The second kappa shape index (κ2) is 13.2. The Morgan fingerprint density at radius 2 is 1.70 bits per heavy atom. The SMILES string of the molecule is CCCCCCCCCOc1ccc(/C=N\NC(=O)c2ccc(O)cc2)cc1OC. The molecule has 0 aliphatic rings. The number of hydrazone groups is 1. The molecular weight excluding hydrogens is 380 g/mol. The topological polar surface area (TPSA) is 80.2 Å². The molecule has 0 aliphatic carbocycles. The van der Waals surface area contributed by atoms with E-state index in [1.165, 1.54) is 62.8 Å². The minimum atomic E-state index is -0.354. The molecule has 6 nitrogen and oxygen atoms in total. The minimum absolute atomic E-state index is 0.108. The Balaban J connectivity index is 1.79. The van der Waals surface area contributed by atoms with E-state index in [2.05, 4.69) is 17.5 Å². The molecule has 162 valence electrons. The summed E-state index contributed by atoms with van der Waals surface area (Å²) in [6.45, 7) is 2.90. The van der Waals surface area contributed by atoms with Crippen molar-refractivity contribution in [1.29, 1.82) is 0 Å². The zero-order valence-corrected chi connectivity index (χ0v) is 17.9. The highest BCUT2D eigenvalue weighted by Gasteiger charge is 2.06. The van der Waals surface area contributed by atoms with Gasteiger partial charge in [-0.1, -0.05) is 45.4 Å². The quantitative estimate of drug-likeness (QED) is 0.266. The number of phenols is 1. The van der Waals surface area contributed by atoms with Crippen molar-refractivity contribution in [2.45, 2.75) is 51.9 Å². The van der Waals surface area contributed by atoms with Gasteiger partial charge in [0, 0.05) is 5.56 Å². The van der Waals surface area contributed by atoms with Gasteiger partial charge in [-0.25, -0.2) is 5.43 Å². The van der Waals surface area contributed by atoms with Crippen LogP contribution < -0.4 is 14.9 Å². The van der Waals surface area contributed by atoms with E-state index in [1.807, 2.05) is 18.2 Å². The van der Waals surface area contributed by atoms with Gasteiger partial charge in [-0.2, -0.15) is 5.10 Å². The van der Waals surface area contributed by atoms with Crippen molar-refractivity contribution in [3.63, 3.8) is 0 Å².